The number of hydrogen-bond acceptors (Lipinski definition) is 2. The van der Waals surface area contributed by atoms with Gasteiger partial charge in [0.1, 0.15) is 0 Å². The fourth-order valence-electron chi connectivity index (χ4n) is 4.30. The molecule has 1 heterocycles. The van der Waals surface area contributed by atoms with E-state index in [2.05, 4.69) is 34.5 Å². The molecular weight excluding hydrogens is 256 g/mol. The zero-order chi connectivity index (χ0) is 14.1. The van der Waals surface area contributed by atoms with Crippen LogP contribution in [0.15, 0.2) is 24.3 Å². The van der Waals surface area contributed by atoms with Crippen LogP contribution in [0.2, 0.25) is 0 Å². The maximum atomic E-state index is 3.60. The zero-order valence-electron chi connectivity index (χ0n) is 13.1. The van der Waals surface area contributed by atoms with Crippen LogP contribution in [0.4, 0.5) is 5.69 Å². The molecule has 0 spiro atoms. The van der Waals surface area contributed by atoms with Gasteiger partial charge in [-0.15, -0.1) is 0 Å². The third kappa shape index (κ3) is 3.11. The first-order valence-corrected chi connectivity index (χ1v) is 8.99. The highest BCUT2D eigenvalue weighted by Gasteiger charge is 2.33. The zero-order valence-corrected chi connectivity index (χ0v) is 13.1. The Morgan fingerprint density at radius 3 is 2.38 bits per heavy atom. The molecule has 2 aliphatic carbocycles. The van der Waals surface area contributed by atoms with Crippen LogP contribution in [-0.2, 0) is 6.54 Å². The molecule has 3 fully saturated rings. The standard InChI is InChI=1S/C19H28N2/c1-2-5-16(4-1)19-6-3-13-21(19)18-11-7-15(8-12-18)14-20-17-9-10-17/h7-8,11-12,16-17,19-20H,1-6,9-10,13-14H2. The summed E-state index contributed by atoms with van der Waals surface area (Å²) in [4.78, 5) is 2.70. The monoisotopic (exact) mass is 284 g/mol. The number of nitrogens with zero attached hydrogens (tertiary/aromatic N) is 1. The van der Waals surface area contributed by atoms with Crippen molar-refractivity contribution < 1.29 is 0 Å². The van der Waals surface area contributed by atoms with Crippen molar-refractivity contribution >= 4 is 5.69 Å². The van der Waals surface area contributed by atoms with Crippen LogP contribution in [0.5, 0.6) is 0 Å². The van der Waals surface area contributed by atoms with Gasteiger partial charge in [0.05, 0.1) is 0 Å². The minimum absolute atomic E-state index is 0.801. The molecule has 1 atom stereocenters. The van der Waals surface area contributed by atoms with Gasteiger partial charge >= 0.3 is 0 Å². The molecule has 3 aliphatic rings. The molecular formula is C19H28N2. The minimum Gasteiger partial charge on any atom is -0.368 e. The quantitative estimate of drug-likeness (QED) is 0.876. The third-order valence-electron chi connectivity index (χ3n) is 5.68. The van der Waals surface area contributed by atoms with Gasteiger partial charge in [-0.1, -0.05) is 25.0 Å². The van der Waals surface area contributed by atoms with E-state index in [-0.39, 0.29) is 0 Å². The van der Waals surface area contributed by atoms with Gasteiger partial charge in [0.2, 0.25) is 0 Å². The van der Waals surface area contributed by atoms with Gasteiger partial charge < -0.3 is 10.2 Å². The minimum atomic E-state index is 0.801. The molecule has 1 unspecified atom stereocenters. The van der Waals surface area contributed by atoms with Crippen LogP contribution in [-0.4, -0.2) is 18.6 Å². The van der Waals surface area contributed by atoms with Crippen molar-refractivity contribution in [3.8, 4) is 0 Å². The highest BCUT2D eigenvalue weighted by Crippen LogP contribution is 2.37. The van der Waals surface area contributed by atoms with Crippen molar-refractivity contribution in [3.05, 3.63) is 29.8 Å². The van der Waals surface area contributed by atoms with Crippen molar-refractivity contribution in [1.82, 2.24) is 5.32 Å². The van der Waals surface area contributed by atoms with Crippen molar-refractivity contribution in [2.45, 2.75) is 70.0 Å². The van der Waals surface area contributed by atoms with Crippen LogP contribution in [0.1, 0.15) is 56.9 Å². The van der Waals surface area contributed by atoms with Crippen molar-refractivity contribution in [2.75, 3.05) is 11.4 Å². The number of rotatable bonds is 5. The van der Waals surface area contributed by atoms with Gasteiger partial charge in [0, 0.05) is 30.9 Å². The second kappa shape index (κ2) is 6.00. The normalized spacial score (nSPS) is 26.7. The lowest BCUT2D eigenvalue weighted by Gasteiger charge is -2.31. The number of hydrogen-bond donors (Lipinski definition) is 1. The summed E-state index contributed by atoms with van der Waals surface area (Å²) in [5.41, 5.74) is 2.89. The summed E-state index contributed by atoms with van der Waals surface area (Å²) < 4.78 is 0. The van der Waals surface area contributed by atoms with E-state index < -0.39 is 0 Å². The van der Waals surface area contributed by atoms with E-state index in [1.807, 2.05) is 0 Å². The van der Waals surface area contributed by atoms with E-state index in [9.17, 15) is 0 Å². The Labute approximate surface area is 128 Å². The summed E-state index contributed by atoms with van der Waals surface area (Å²) in [7, 11) is 0. The van der Waals surface area contributed by atoms with E-state index in [0.717, 1.165) is 24.5 Å². The lowest BCUT2D eigenvalue weighted by atomic mass is 9.95. The van der Waals surface area contributed by atoms with E-state index in [0.29, 0.717) is 0 Å². The first-order chi connectivity index (χ1) is 10.4. The highest BCUT2D eigenvalue weighted by atomic mass is 15.2. The fraction of sp³-hybridized carbons (Fsp3) is 0.684. The van der Waals surface area contributed by atoms with Crippen molar-refractivity contribution in [3.63, 3.8) is 0 Å². The molecule has 4 rings (SSSR count). The Morgan fingerprint density at radius 1 is 0.905 bits per heavy atom. The maximum Gasteiger partial charge on any atom is 0.0369 e. The first-order valence-electron chi connectivity index (χ1n) is 8.99. The molecule has 1 aromatic carbocycles. The van der Waals surface area contributed by atoms with Gasteiger partial charge in [-0.25, -0.2) is 0 Å². The Hall–Kier alpha value is -1.02. The summed E-state index contributed by atoms with van der Waals surface area (Å²) in [5, 5.41) is 3.60. The molecule has 2 nitrogen and oxygen atoms in total. The van der Waals surface area contributed by atoms with Crippen LogP contribution >= 0.6 is 0 Å². The molecule has 1 aromatic rings. The molecule has 1 N–H and O–H groups in total. The van der Waals surface area contributed by atoms with Gasteiger partial charge in [0.25, 0.3) is 0 Å². The fourth-order valence-corrected chi connectivity index (χ4v) is 4.30. The second-order valence-electron chi connectivity index (χ2n) is 7.27. The van der Waals surface area contributed by atoms with Gasteiger partial charge in [-0.3, -0.25) is 0 Å². The topological polar surface area (TPSA) is 15.3 Å². The molecule has 0 bridgehead atoms. The summed E-state index contributed by atoms with van der Waals surface area (Å²) in [6, 6.07) is 11.0. The third-order valence-corrected chi connectivity index (χ3v) is 5.68. The summed E-state index contributed by atoms with van der Waals surface area (Å²) in [5.74, 6) is 0.962. The Kier molecular flexibility index (Phi) is 3.89. The van der Waals surface area contributed by atoms with Gasteiger partial charge in [-0.05, 0) is 62.1 Å². The Balaban J connectivity index is 1.41. The van der Waals surface area contributed by atoms with Crippen LogP contribution in [0.3, 0.4) is 0 Å². The molecule has 2 saturated carbocycles. The molecule has 21 heavy (non-hydrogen) atoms. The number of nitrogens with one attached hydrogen (secondary N) is 1. The van der Waals surface area contributed by atoms with E-state index in [1.165, 1.54) is 69.2 Å². The number of benzene rings is 1. The lowest BCUT2D eigenvalue weighted by Crippen LogP contribution is -2.34. The smallest absolute Gasteiger partial charge is 0.0369 e. The lowest BCUT2D eigenvalue weighted by molar-refractivity contribution is 0.431. The average Bonchev–Trinajstić information content (AvgIpc) is 3.01. The molecule has 0 amide bonds. The first kappa shape index (κ1) is 13.6. The number of anilines is 1. The van der Waals surface area contributed by atoms with Crippen molar-refractivity contribution in [1.29, 1.82) is 0 Å². The highest BCUT2D eigenvalue weighted by molar-refractivity contribution is 5.49. The summed E-state index contributed by atoms with van der Waals surface area (Å²) in [6.07, 6.45) is 11.4. The summed E-state index contributed by atoms with van der Waals surface area (Å²) in [6.45, 7) is 2.30. The second-order valence-corrected chi connectivity index (χ2v) is 7.27. The molecule has 2 heteroatoms. The molecule has 0 radical (unpaired) electrons. The van der Waals surface area contributed by atoms with Gasteiger partial charge in [-0.2, -0.15) is 0 Å². The van der Waals surface area contributed by atoms with Crippen LogP contribution < -0.4 is 10.2 Å². The Bertz CT molecular complexity index is 457. The van der Waals surface area contributed by atoms with E-state index in [1.54, 1.807) is 0 Å². The molecule has 114 valence electrons. The summed E-state index contributed by atoms with van der Waals surface area (Å²) >= 11 is 0. The SMILES string of the molecule is c1cc(N2CCCC2C2CCCC2)ccc1CNC1CC1. The van der Waals surface area contributed by atoms with Crippen LogP contribution in [0.25, 0.3) is 0 Å². The molecule has 1 aliphatic heterocycles. The van der Waals surface area contributed by atoms with Crippen molar-refractivity contribution in [2.24, 2.45) is 5.92 Å². The van der Waals surface area contributed by atoms with Gasteiger partial charge in [0.15, 0.2) is 0 Å². The molecule has 1 saturated heterocycles. The predicted molar refractivity (Wildman–Crippen MR) is 88.6 cm³/mol. The predicted octanol–water partition coefficient (Wildman–Crippen LogP) is 4.10. The maximum absolute atomic E-state index is 3.60. The largest absolute Gasteiger partial charge is 0.368 e. The average molecular weight is 284 g/mol. The Morgan fingerprint density at radius 2 is 1.67 bits per heavy atom. The van der Waals surface area contributed by atoms with E-state index >= 15 is 0 Å². The molecule has 0 aromatic heterocycles. The van der Waals surface area contributed by atoms with E-state index in [4.69, 9.17) is 0 Å². The van der Waals surface area contributed by atoms with Crippen LogP contribution in [0, 0.1) is 5.92 Å².